The van der Waals surface area contributed by atoms with Gasteiger partial charge < -0.3 is 19.9 Å². The van der Waals surface area contributed by atoms with Gasteiger partial charge in [-0.1, -0.05) is 43.3 Å². The van der Waals surface area contributed by atoms with Gasteiger partial charge in [-0.3, -0.25) is 4.90 Å². The molecule has 0 bridgehead atoms. The van der Waals surface area contributed by atoms with Gasteiger partial charge in [-0.25, -0.2) is 4.99 Å². The fourth-order valence-electron chi connectivity index (χ4n) is 3.47. The summed E-state index contributed by atoms with van der Waals surface area (Å²) in [5, 5.41) is 14.9. The van der Waals surface area contributed by atoms with Crippen LogP contribution < -0.4 is 10.6 Å². The van der Waals surface area contributed by atoms with Crippen LogP contribution in [0, 0.1) is 0 Å². The summed E-state index contributed by atoms with van der Waals surface area (Å²) in [6.45, 7) is 15.4. The number of benzene rings is 1. The summed E-state index contributed by atoms with van der Waals surface area (Å²) in [6.07, 6.45) is 2.65. The predicted molar refractivity (Wildman–Crippen MR) is 124 cm³/mol. The van der Waals surface area contributed by atoms with Crippen LogP contribution in [0.25, 0.3) is 0 Å². The summed E-state index contributed by atoms with van der Waals surface area (Å²) in [6, 6.07) is 8.56. The van der Waals surface area contributed by atoms with Crippen molar-refractivity contribution >= 4 is 5.96 Å². The Bertz CT molecular complexity index is 855. The standard InChI is InChI=1S/C23H35N7O/c1-4-22-28-27-18-30(22)10-9-24-23(25-15-19(2)3)26-16-20-7-5-6-8-21(20)17-29-11-13-31-14-12-29/h5-8,18H,2,4,9-17H2,1,3H3,(H2,24,25,26). The first-order chi connectivity index (χ1) is 15.2. The number of rotatable bonds is 10. The van der Waals surface area contributed by atoms with E-state index in [4.69, 9.17) is 9.73 Å². The molecule has 3 rings (SSSR count). The van der Waals surface area contributed by atoms with Gasteiger partial charge in [0.05, 0.1) is 19.8 Å². The lowest BCUT2D eigenvalue weighted by molar-refractivity contribution is 0.0341. The number of hydrogen-bond donors (Lipinski definition) is 2. The van der Waals surface area contributed by atoms with Crippen molar-refractivity contribution in [1.82, 2.24) is 30.3 Å². The van der Waals surface area contributed by atoms with Crippen LogP contribution in [0.4, 0.5) is 0 Å². The summed E-state index contributed by atoms with van der Waals surface area (Å²) < 4.78 is 7.55. The topological polar surface area (TPSA) is 79.6 Å². The van der Waals surface area contributed by atoms with Gasteiger partial charge in [0.2, 0.25) is 0 Å². The van der Waals surface area contributed by atoms with Crippen molar-refractivity contribution in [1.29, 1.82) is 0 Å². The minimum absolute atomic E-state index is 0.624. The van der Waals surface area contributed by atoms with Crippen LogP contribution in [-0.2, 0) is 30.8 Å². The maximum Gasteiger partial charge on any atom is 0.191 e. The summed E-state index contributed by atoms with van der Waals surface area (Å²) >= 11 is 0. The summed E-state index contributed by atoms with van der Waals surface area (Å²) in [5.41, 5.74) is 3.64. The minimum Gasteiger partial charge on any atom is -0.379 e. The zero-order valence-corrected chi connectivity index (χ0v) is 18.8. The molecule has 1 aromatic heterocycles. The highest BCUT2D eigenvalue weighted by molar-refractivity contribution is 5.80. The van der Waals surface area contributed by atoms with Crippen molar-refractivity contribution in [3.05, 3.63) is 59.7 Å². The van der Waals surface area contributed by atoms with Gasteiger partial charge in [-0.2, -0.15) is 0 Å². The third kappa shape index (κ3) is 7.48. The maximum absolute atomic E-state index is 5.47. The first-order valence-corrected chi connectivity index (χ1v) is 11.1. The largest absolute Gasteiger partial charge is 0.379 e. The Hall–Kier alpha value is -2.71. The van der Waals surface area contributed by atoms with E-state index >= 15 is 0 Å². The molecule has 0 aliphatic carbocycles. The Morgan fingerprint density at radius 3 is 2.71 bits per heavy atom. The number of hydrogen-bond acceptors (Lipinski definition) is 5. The summed E-state index contributed by atoms with van der Waals surface area (Å²) in [7, 11) is 0. The first kappa shape index (κ1) is 23.0. The van der Waals surface area contributed by atoms with Crippen molar-refractivity contribution in [2.24, 2.45) is 4.99 Å². The lowest BCUT2D eigenvalue weighted by Gasteiger charge is -2.27. The van der Waals surface area contributed by atoms with Crippen LogP contribution in [0.15, 0.2) is 47.7 Å². The Labute approximate surface area is 185 Å². The molecule has 2 heterocycles. The quantitative estimate of drug-likeness (QED) is 0.344. The highest BCUT2D eigenvalue weighted by Gasteiger charge is 2.12. The van der Waals surface area contributed by atoms with Crippen molar-refractivity contribution in [2.45, 2.75) is 39.9 Å². The number of nitrogens with zero attached hydrogens (tertiary/aromatic N) is 5. The number of nitrogens with one attached hydrogen (secondary N) is 2. The van der Waals surface area contributed by atoms with Gasteiger partial charge in [0.25, 0.3) is 0 Å². The molecule has 2 aromatic rings. The van der Waals surface area contributed by atoms with Gasteiger partial charge in [0, 0.05) is 45.7 Å². The highest BCUT2D eigenvalue weighted by Crippen LogP contribution is 2.14. The van der Waals surface area contributed by atoms with E-state index in [9.17, 15) is 0 Å². The van der Waals surface area contributed by atoms with Crippen molar-refractivity contribution in [3.63, 3.8) is 0 Å². The molecular formula is C23H35N7O. The molecule has 0 unspecified atom stereocenters. The number of aryl methyl sites for hydroxylation is 1. The van der Waals surface area contributed by atoms with E-state index in [2.05, 4.69) is 68.1 Å². The second kappa shape index (κ2) is 12.2. The zero-order chi connectivity index (χ0) is 21.9. The van der Waals surface area contributed by atoms with Crippen LogP contribution in [0.5, 0.6) is 0 Å². The van der Waals surface area contributed by atoms with E-state index < -0.39 is 0 Å². The molecule has 0 amide bonds. The summed E-state index contributed by atoms with van der Waals surface area (Å²) in [4.78, 5) is 7.29. The van der Waals surface area contributed by atoms with Gasteiger partial charge >= 0.3 is 0 Å². The Balaban J connectivity index is 1.62. The van der Waals surface area contributed by atoms with E-state index in [0.717, 1.165) is 69.7 Å². The van der Waals surface area contributed by atoms with Crippen LogP contribution in [0.1, 0.15) is 30.8 Å². The summed E-state index contributed by atoms with van der Waals surface area (Å²) in [5.74, 6) is 1.78. The maximum atomic E-state index is 5.47. The fraction of sp³-hybridized carbons (Fsp3) is 0.522. The van der Waals surface area contributed by atoms with Gasteiger partial charge in [-0.15, -0.1) is 10.2 Å². The molecule has 0 saturated carbocycles. The molecule has 0 radical (unpaired) electrons. The van der Waals surface area contributed by atoms with Crippen LogP contribution >= 0.6 is 0 Å². The molecule has 31 heavy (non-hydrogen) atoms. The zero-order valence-electron chi connectivity index (χ0n) is 18.8. The SMILES string of the molecule is C=C(C)CNC(=NCc1ccccc1CN1CCOCC1)NCCn1cnnc1CC. The Kier molecular flexibility index (Phi) is 9.05. The Morgan fingerprint density at radius 1 is 1.19 bits per heavy atom. The van der Waals surface area contributed by atoms with E-state index in [1.807, 2.05) is 6.92 Å². The Morgan fingerprint density at radius 2 is 1.97 bits per heavy atom. The van der Waals surface area contributed by atoms with Crippen LogP contribution in [-0.4, -0.2) is 65.0 Å². The highest BCUT2D eigenvalue weighted by atomic mass is 16.5. The van der Waals surface area contributed by atoms with Gasteiger partial charge in [-0.05, 0) is 18.1 Å². The number of ether oxygens (including phenoxy) is 1. The average molecular weight is 426 g/mol. The van der Waals surface area contributed by atoms with Crippen molar-refractivity contribution < 1.29 is 4.74 Å². The molecule has 8 heteroatoms. The molecule has 1 aromatic carbocycles. The number of aliphatic imine (C=N–C) groups is 1. The molecule has 8 nitrogen and oxygen atoms in total. The lowest BCUT2D eigenvalue weighted by Crippen LogP contribution is -2.39. The normalized spacial score (nSPS) is 15.1. The molecule has 1 aliphatic rings. The average Bonchev–Trinajstić information content (AvgIpc) is 3.24. The molecular weight excluding hydrogens is 390 g/mol. The third-order valence-corrected chi connectivity index (χ3v) is 5.24. The first-order valence-electron chi connectivity index (χ1n) is 11.1. The monoisotopic (exact) mass is 425 g/mol. The molecule has 168 valence electrons. The molecule has 1 saturated heterocycles. The predicted octanol–water partition coefficient (Wildman–Crippen LogP) is 1.98. The van der Waals surface area contributed by atoms with E-state index in [0.29, 0.717) is 13.1 Å². The fourth-order valence-corrected chi connectivity index (χ4v) is 3.47. The van der Waals surface area contributed by atoms with Crippen LogP contribution in [0.2, 0.25) is 0 Å². The van der Waals surface area contributed by atoms with E-state index in [1.165, 1.54) is 11.1 Å². The second-order valence-corrected chi connectivity index (χ2v) is 7.85. The minimum atomic E-state index is 0.624. The number of aromatic nitrogens is 3. The number of morpholine rings is 1. The molecule has 2 N–H and O–H groups in total. The molecule has 1 fully saturated rings. The second-order valence-electron chi connectivity index (χ2n) is 7.85. The van der Waals surface area contributed by atoms with Crippen molar-refractivity contribution in [3.8, 4) is 0 Å². The molecule has 0 atom stereocenters. The number of guanidine groups is 1. The molecule has 1 aliphatic heterocycles. The van der Waals surface area contributed by atoms with Gasteiger partial charge in [0.15, 0.2) is 5.96 Å². The smallest absolute Gasteiger partial charge is 0.191 e. The molecule has 0 spiro atoms. The van der Waals surface area contributed by atoms with E-state index in [-0.39, 0.29) is 0 Å². The van der Waals surface area contributed by atoms with E-state index in [1.54, 1.807) is 6.33 Å². The van der Waals surface area contributed by atoms with Crippen LogP contribution in [0.3, 0.4) is 0 Å². The van der Waals surface area contributed by atoms with Gasteiger partial charge in [0.1, 0.15) is 12.2 Å². The lowest BCUT2D eigenvalue weighted by atomic mass is 10.1. The third-order valence-electron chi connectivity index (χ3n) is 5.24. The van der Waals surface area contributed by atoms with Crippen molar-refractivity contribution in [2.75, 3.05) is 39.4 Å².